The van der Waals surface area contributed by atoms with E-state index in [2.05, 4.69) is 5.73 Å². The van der Waals surface area contributed by atoms with Crippen molar-refractivity contribution in [2.75, 3.05) is 0 Å². The molecule has 0 aliphatic rings. The number of rotatable bonds is 1. The van der Waals surface area contributed by atoms with Gasteiger partial charge in [-0.15, -0.1) is 0 Å². The molecule has 0 bridgehead atoms. The van der Waals surface area contributed by atoms with Gasteiger partial charge in [0.05, 0.1) is 0 Å². The average Bonchev–Trinajstić information content (AvgIpc) is 2.03. The first-order chi connectivity index (χ1) is 5.52. The predicted molar refractivity (Wildman–Crippen MR) is 38.1 cm³/mol. The van der Waals surface area contributed by atoms with E-state index in [4.69, 9.17) is 0 Å². The van der Waals surface area contributed by atoms with Crippen molar-refractivity contribution in [2.24, 2.45) is 0 Å². The quantitative estimate of drug-likeness (QED) is 0.672. The second-order valence-corrected chi connectivity index (χ2v) is 2.50. The van der Waals surface area contributed by atoms with Crippen LogP contribution in [-0.2, 0) is 0 Å². The van der Waals surface area contributed by atoms with Gasteiger partial charge in [0.1, 0.15) is 0 Å². The van der Waals surface area contributed by atoms with Crippen LogP contribution in [0.4, 0.5) is 13.2 Å². The minimum atomic E-state index is -4.25. The minimum Gasteiger partial charge on any atom is -0.344 e. The number of quaternary nitrogens is 1. The lowest BCUT2D eigenvalue weighted by Gasteiger charge is -2.11. The molecule has 1 rings (SSSR count). The van der Waals surface area contributed by atoms with E-state index in [9.17, 15) is 13.2 Å². The summed E-state index contributed by atoms with van der Waals surface area (Å²) in [5, 5.41) is 0. The van der Waals surface area contributed by atoms with Gasteiger partial charge in [-0.25, -0.2) is 0 Å². The molecule has 0 fully saturated rings. The Balaban J connectivity index is 2.86. The number of benzene rings is 1. The molecule has 0 spiro atoms. The van der Waals surface area contributed by atoms with E-state index in [-0.39, 0.29) is 5.56 Å². The molecule has 0 saturated heterocycles. The van der Waals surface area contributed by atoms with E-state index in [1.54, 1.807) is 18.2 Å². The highest BCUT2D eigenvalue weighted by Gasteiger charge is 2.41. The molecule has 0 saturated carbocycles. The molecule has 0 radical (unpaired) electrons. The summed E-state index contributed by atoms with van der Waals surface area (Å²) >= 11 is 0. The van der Waals surface area contributed by atoms with Crippen LogP contribution >= 0.6 is 0 Å². The van der Waals surface area contributed by atoms with E-state index in [1.807, 2.05) is 0 Å². The minimum absolute atomic E-state index is 0.199. The summed E-state index contributed by atoms with van der Waals surface area (Å²) in [6.45, 7) is 0. The Hall–Kier alpha value is -1.03. The molecule has 1 unspecified atom stereocenters. The Bertz CT molecular complexity index is 242. The van der Waals surface area contributed by atoms with Crippen molar-refractivity contribution in [3.8, 4) is 0 Å². The van der Waals surface area contributed by atoms with Crippen LogP contribution in [0.5, 0.6) is 0 Å². The van der Waals surface area contributed by atoms with Crippen molar-refractivity contribution in [2.45, 2.75) is 12.2 Å². The van der Waals surface area contributed by atoms with E-state index < -0.39 is 12.2 Å². The Morgan fingerprint density at radius 3 is 2.00 bits per heavy atom. The molecule has 1 atom stereocenters. The van der Waals surface area contributed by atoms with Crippen molar-refractivity contribution in [1.29, 1.82) is 0 Å². The molecule has 0 amide bonds. The SMILES string of the molecule is [NH3+]C(c1ccccc1)C(F)(F)F. The zero-order valence-corrected chi connectivity index (χ0v) is 6.31. The summed E-state index contributed by atoms with van der Waals surface area (Å²) in [4.78, 5) is 0. The van der Waals surface area contributed by atoms with Gasteiger partial charge >= 0.3 is 6.18 Å². The molecular formula is C8H9F3N+. The molecule has 12 heavy (non-hydrogen) atoms. The maximum Gasteiger partial charge on any atom is 0.445 e. The molecule has 3 N–H and O–H groups in total. The first-order valence-electron chi connectivity index (χ1n) is 3.46. The fraction of sp³-hybridized carbons (Fsp3) is 0.250. The van der Waals surface area contributed by atoms with Gasteiger partial charge in [-0.2, -0.15) is 13.2 Å². The third-order valence-electron chi connectivity index (χ3n) is 1.60. The molecule has 0 heterocycles. The van der Waals surface area contributed by atoms with Crippen molar-refractivity contribution in [3.63, 3.8) is 0 Å². The second-order valence-electron chi connectivity index (χ2n) is 2.50. The van der Waals surface area contributed by atoms with Gasteiger partial charge in [0.25, 0.3) is 0 Å². The fourth-order valence-electron chi connectivity index (χ4n) is 0.874. The van der Waals surface area contributed by atoms with Crippen LogP contribution in [-0.4, -0.2) is 6.18 Å². The highest BCUT2D eigenvalue weighted by Crippen LogP contribution is 2.28. The van der Waals surface area contributed by atoms with Crippen molar-refractivity contribution in [3.05, 3.63) is 35.9 Å². The Kier molecular flexibility index (Phi) is 2.38. The number of hydrogen-bond donors (Lipinski definition) is 1. The summed E-state index contributed by atoms with van der Waals surface area (Å²) < 4.78 is 36.2. The topological polar surface area (TPSA) is 27.6 Å². The van der Waals surface area contributed by atoms with Crippen molar-refractivity contribution in [1.82, 2.24) is 0 Å². The Morgan fingerprint density at radius 1 is 1.08 bits per heavy atom. The fourth-order valence-corrected chi connectivity index (χ4v) is 0.874. The maximum absolute atomic E-state index is 12.1. The van der Waals surface area contributed by atoms with Crippen molar-refractivity contribution >= 4 is 0 Å². The lowest BCUT2D eigenvalue weighted by atomic mass is 10.1. The van der Waals surface area contributed by atoms with E-state index in [1.165, 1.54) is 12.1 Å². The summed E-state index contributed by atoms with van der Waals surface area (Å²) in [6, 6.07) is 6.03. The lowest BCUT2D eigenvalue weighted by molar-refractivity contribution is -0.488. The number of alkyl halides is 3. The van der Waals surface area contributed by atoms with Gasteiger partial charge in [0.15, 0.2) is 0 Å². The molecule has 4 heteroatoms. The smallest absolute Gasteiger partial charge is 0.344 e. The zero-order valence-electron chi connectivity index (χ0n) is 6.31. The predicted octanol–water partition coefficient (Wildman–Crippen LogP) is 1.53. The average molecular weight is 176 g/mol. The van der Waals surface area contributed by atoms with Crippen LogP contribution in [0, 0.1) is 0 Å². The first-order valence-corrected chi connectivity index (χ1v) is 3.46. The Morgan fingerprint density at radius 2 is 1.58 bits per heavy atom. The van der Waals surface area contributed by atoms with Crippen LogP contribution < -0.4 is 5.73 Å². The van der Waals surface area contributed by atoms with Crippen LogP contribution in [0.1, 0.15) is 11.6 Å². The molecule has 0 aliphatic carbocycles. The standard InChI is InChI=1S/C8H8F3N/c9-8(10,11)7(12)6-4-2-1-3-5-6/h1-5,7H,12H2/p+1. The van der Waals surface area contributed by atoms with Gasteiger partial charge in [-0.05, 0) is 0 Å². The highest BCUT2D eigenvalue weighted by molar-refractivity contribution is 5.17. The van der Waals surface area contributed by atoms with Crippen LogP contribution in [0.2, 0.25) is 0 Å². The van der Waals surface area contributed by atoms with Crippen molar-refractivity contribution < 1.29 is 18.9 Å². The number of hydrogen-bond acceptors (Lipinski definition) is 0. The Labute approximate surface area is 68.0 Å². The van der Waals surface area contributed by atoms with Gasteiger partial charge in [0, 0.05) is 5.56 Å². The highest BCUT2D eigenvalue weighted by atomic mass is 19.4. The number of halogens is 3. The maximum atomic E-state index is 12.1. The summed E-state index contributed by atoms with van der Waals surface area (Å²) in [5.74, 6) is 0. The second kappa shape index (κ2) is 3.15. The lowest BCUT2D eigenvalue weighted by Crippen LogP contribution is -2.60. The largest absolute Gasteiger partial charge is 0.445 e. The monoisotopic (exact) mass is 176 g/mol. The molecule has 0 aromatic heterocycles. The van der Waals surface area contributed by atoms with Gasteiger partial charge in [0.2, 0.25) is 6.04 Å². The summed E-state index contributed by atoms with van der Waals surface area (Å²) in [5.41, 5.74) is 3.25. The van der Waals surface area contributed by atoms with E-state index in [0.29, 0.717) is 0 Å². The zero-order chi connectivity index (χ0) is 9.19. The van der Waals surface area contributed by atoms with Crippen LogP contribution in [0.3, 0.4) is 0 Å². The molecule has 1 aromatic carbocycles. The third kappa shape index (κ3) is 1.98. The molecule has 1 nitrogen and oxygen atoms in total. The van der Waals surface area contributed by atoms with Gasteiger partial charge in [-0.3, -0.25) is 0 Å². The van der Waals surface area contributed by atoms with Crippen LogP contribution in [0.25, 0.3) is 0 Å². The molecule has 66 valence electrons. The molecule has 0 aliphatic heterocycles. The summed E-state index contributed by atoms with van der Waals surface area (Å²) in [7, 11) is 0. The van der Waals surface area contributed by atoms with E-state index in [0.717, 1.165) is 0 Å². The first kappa shape index (κ1) is 9.06. The van der Waals surface area contributed by atoms with Gasteiger partial charge < -0.3 is 5.73 Å². The molecular weight excluding hydrogens is 167 g/mol. The molecule has 1 aromatic rings. The van der Waals surface area contributed by atoms with Gasteiger partial charge in [-0.1, -0.05) is 30.3 Å². The van der Waals surface area contributed by atoms with E-state index >= 15 is 0 Å². The van der Waals surface area contributed by atoms with Crippen LogP contribution in [0.15, 0.2) is 30.3 Å². The normalized spacial score (nSPS) is 14.3. The summed E-state index contributed by atoms with van der Waals surface area (Å²) in [6.07, 6.45) is -4.25. The third-order valence-corrected chi connectivity index (χ3v) is 1.60.